The molecule has 0 saturated carbocycles. The van der Waals surface area contributed by atoms with Crippen LogP contribution >= 0.6 is 0 Å². The van der Waals surface area contributed by atoms with E-state index in [1.807, 2.05) is 19.1 Å². The average Bonchev–Trinajstić information content (AvgIpc) is 3.31. The van der Waals surface area contributed by atoms with E-state index in [1.165, 1.54) is 12.1 Å². The Morgan fingerprint density at radius 2 is 2.03 bits per heavy atom. The molecule has 0 radical (unpaired) electrons. The molecule has 1 N–H and O–H groups in total. The number of carbonyl (C=O) groups is 1. The molecule has 8 heteroatoms. The molecular formula is C23H27N3O4S. The predicted octanol–water partition coefficient (Wildman–Crippen LogP) is 3.07. The van der Waals surface area contributed by atoms with Crippen molar-refractivity contribution in [1.29, 1.82) is 5.26 Å². The summed E-state index contributed by atoms with van der Waals surface area (Å²) in [5.74, 6) is -0.234. The zero-order chi connectivity index (χ0) is 22.3. The van der Waals surface area contributed by atoms with Crippen molar-refractivity contribution in [1.82, 2.24) is 9.62 Å². The van der Waals surface area contributed by atoms with Crippen molar-refractivity contribution in [2.45, 2.75) is 43.7 Å². The molecular weight excluding hydrogens is 414 g/mol. The second kappa shape index (κ2) is 10.5. The highest BCUT2D eigenvalue weighted by Crippen LogP contribution is 2.17. The van der Waals surface area contributed by atoms with Crippen molar-refractivity contribution in [3.05, 3.63) is 65.2 Å². The lowest BCUT2D eigenvalue weighted by atomic mass is 10.1. The summed E-state index contributed by atoms with van der Waals surface area (Å²) in [4.78, 5) is 14.9. The Morgan fingerprint density at radius 1 is 1.26 bits per heavy atom. The molecule has 3 rings (SSSR count). The molecule has 31 heavy (non-hydrogen) atoms. The molecule has 1 aliphatic rings. The number of sulfonamides is 1. The summed E-state index contributed by atoms with van der Waals surface area (Å²) < 4.78 is 33.4. The lowest BCUT2D eigenvalue weighted by molar-refractivity contribution is 0.0743. The number of amides is 1. The third kappa shape index (κ3) is 6.14. The van der Waals surface area contributed by atoms with Crippen LogP contribution in [0.2, 0.25) is 0 Å². The van der Waals surface area contributed by atoms with Crippen molar-refractivity contribution >= 4 is 15.9 Å². The van der Waals surface area contributed by atoms with E-state index in [-0.39, 0.29) is 23.5 Å². The van der Waals surface area contributed by atoms with Gasteiger partial charge in [-0.2, -0.15) is 5.26 Å². The quantitative estimate of drug-likeness (QED) is 0.645. The van der Waals surface area contributed by atoms with Gasteiger partial charge in [0, 0.05) is 31.8 Å². The first-order valence-electron chi connectivity index (χ1n) is 10.4. The molecule has 0 bridgehead atoms. The van der Waals surface area contributed by atoms with Gasteiger partial charge in [-0.1, -0.05) is 25.1 Å². The maximum absolute atomic E-state index is 13.1. The van der Waals surface area contributed by atoms with Gasteiger partial charge in [-0.05, 0) is 55.2 Å². The minimum atomic E-state index is -3.74. The van der Waals surface area contributed by atoms with Gasteiger partial charge >= 0.3 is 0 Å². The number of ether oxygens (including phenoxy) is 1. The predicted molar refractivity (Wildman–Crippen MR) is 117 cm³/mol. The SMILES string of the molecule is CCCN(Cc1ccc(C#N)cc1)C(=O)c1cccc(S(=O)(=O)NCC2CCCO2)c1. The van der Waals surface area contributed by atoms with E-state index < -0.39 is 10.0 Å². The molecule has 164 valence electrons. The fraction of sp³-hybridized carbons (Fsp3) is 0.391. The van der Waals surface area contributed by atoms with Crippen LogP contribution in [0.4, 0.5) is 0 Å². The molecule has 7 nitrogen and oxygen atoms in total. The normalized spacial score (nSPS) is 16.1. The number of hydrogen-bond acceptors (Lipinski definition) is 5. The molecule has 1 unspecified atom stereocenters. The topological polar surface area (TPSA) is 99.5 Å². The Balaban J connectivity index is 1.74. The molecule has 1 aliphatic heterocycles. The van der Waals surface area contributed by atoms with Crippen LogP contribution in [0.5, 0.6) is 0 Å². The highest BCUT2D eigenvalue weighted by atomic mass is 32.2. The average molecular weight is 442 g/mol. The lowest BCUT2D eigenvalue weighted by Crippen LogP contribution is -2.33. The largest absolute Gasteiger partial charge is 0.377 e. The van der Waals surface area contributed by atoms with Gasteiger partial charge in [0.25, 0.3) is 5.91 Å². The summed E-state index contributed by atoms with van der Waals surface area (Å²) in [6.07, 6.45) is 2.43. The second-order valence-electron chi connectivity index (χ2n) is 7.55. The van der Waals surface area contributed by atoms with Gasteiger partial charge in [0.05, 0.1) is 22.6 Å². The monoisotopic (exact) mass is 441 g/mol. The number of rotatable bonds is 9. The standard InChI is InChI=1S/C23H27N3O4S/c1-2-12-26(17-19-10-8-18(15-24)9-11-19)23(27)20-5-3-7-22(14-20)31(28,29)25-16-21-6-4-13-30-21/h3,5,7-11,14,21,25H,2,4,6,12-13,16-17H2,1H3. The van der Waals surface area contributed by atoms with Gasteiger partial charge in [-0.3, -0.25) is 4.79 Å². The van der Waals surface area contributed by atoms with Crippen LogP contribution in [-0.2, 0) is 21.3 Å². The maximum atomic E-state index is 13.1. The zero-order valence-electron chi connectivity index (χ0n) is 17.6. The first kappa shape index (κ1) is 22.9. The Bertz CT molecular complexity index is 1040. The number of hydrogen-bond donors (Lipinski definition) is 1. The lowest BCUT2D eigenvalue weighted by Gasteiger charge is -2.23. The summed E-state index contributed by atoms with van der Waals surface area (Å²) in [6, 6.07) is 15.3. The molecule has 1 fully saturated rings. The van der Waals surface area contributed by atoms with Crippen LogP contribution in [0, 0.1) is 11.3 Å². The van der Waals surface area contributed by atoms with Crippen LogP contribution in [-0.4, -0.2) is 45.0 Å². The Morgan fingerprint density at radius 3 is 2.68 bits per heavy atom. The van der Waals surface area contributed by atoms with Crippen molar-refractivity contribution in [2.24, 2.45) is 0 Å². The molecule has 0 spiro atoms. The van der Waals surface area contributed by atoms with Crippen LogP contribution in [0.1, 0.15) is 47.7 Å². The van der Waals surface area contributed by atoms with Crippen LogP contribution in [0.3, 0.4) is 0 Å². The molecule has 1 saturated heterocycles. The highest BCUT2D eigenvalue weighted by molar-refractivity contribution is 7.89. The van der Waals surface area contributed by atoms with E-state index in [9.17, 15) is 13.2 Å². The minimum Gasteiger partial charge on any atom is -0.377 e. The van der Waals surface area contributed by atoms with Crippen LogP contribution in [0.25, 0.3) is 0 Å². The molecule has 0 aromatic heterocycles. The van der Waals surface area contributed by atoms with Gasteiger partial charge in [0.1, 0.15) is 0 Å². The fourth-order valence-corrected chi connectivity index (χ4v) is 4.61. The molecule has 2 aromatic carbocycles. The second-order valence-corrected chi connectivity index (χ2v) is 9.32. The summed E-state index contributed by atoms with van der Waals surface area (Å²) >= 11 is 0. The number of nitrogens with one attached hydrogen (secondary N) is 1. The number of benzene rings is 2. The molecule has 1 atom stereocenters. The van der Waals surface area contributed by atoms with Gasteiger partial charge in [-0.15, -0.1) is 0 Å². The van der Waals surface area contributed by atoms with E-state index in [1.54, 1.807) is 29.2 Å². The van der Waals surface area contributed by atoms with Gasteiger partial charge in [0.15, 0.2) is 0 Å². The minimum absolute atomic E-state index is 0.0613. The van der Waals surface area contributed by atoms with E-state index in [4.69, 9.17) is 10.00 Å². The summed E-state index contributed by atoms with van der Waals surface area (Å²) in [7, 11) is -3.74. The molecule has 1 amide bonds. The molecule has 2 aromatic rings. The molecule has 0 aliphatic carbocycles. The van der Waals surface area contributed by atoms with E-state index in [2.05, 4.69) is 10.8 Å². The summed E-state index contributed by atoms with van der Waals surface area (Å²) in [5.41, 5.74) is 1.79. The van der Waals surface area contributed by atoms with Crippen molar-refractivity contribution in [3.8, 4) is 6.07 Å². The van der Waals surface area contributed by atoms with Gasteiger partial charge < -0.3 is 9.64 Å². The van der Waals surface area contributed by atoms with Gasteiger partial charge in [-0.25, -0.2) is 13.1 Å². The number of carbonyl (C=O) groups excluding carboxylic acids is 1. The Labute approximate surface area is 183 Å². The smallest absolute Gasteiger partial charge is 0.254 e. The molecule has 1 heterocycles. The van der Waals surface area contributed by atoms with Crippen molar-refractivity contribution < 1.29 is 17.9 Å². The highest BCUT2D eigenvalue weighted by Gasteiger charge is 2.22. The van der Waals surface area contributed by atoms with Crippen molar-refractivity contribution in [2.75, 3.05) is 19.7 Å². The third-order valence-electron chi connectivity index (χ3n) is 5.15. The van der Waals surface area contributed by atoms with E-state index in [0.717, 1.165) is 24.8 Å². The summed E-state index contributed by atoms with van der Waals surface area (Å²) in [5, 5.41) is 8.95. The number of nitriles is 1. The first-order chi connectivity index (χ1) is 14.9. The van der Waals surface area contributed by atoms with Crippen LogP contribution < -0.4 is 4.72 Å². The van der Waals surface area contributed by atoms with Crippen LogP contribution in [0.15, 0.2) is 53.4 Å². The fourth-order valence-electron chi connectivity index (χ4n) is 3.50. The summed E-state index contributed by atoms with van der Waals surface area (Å²) in [6.45, 7) is 3.78. The van der Waals surface area contributed by atoms with Crippen molar-refractivity contribution in [3.63, 3.8) is 0 Å². The maximum Gasteiger partial charge on any atom is 0.254 e. The number of nitrogens with zero attached hydrogens (tertiary/aromatic N) is 2. The van der Waals surface area contributed by atoms with Gasteiger partial charge in [0.2, 0.25) is 10.0 Å². The van der Waals surface area contributed by atoms with E-state index in [0.29, 0.717) is 30.8 Å². The Hall–Kier alpha value is -2.73. The Kier molecular flexibility index (Phi) is 7.80. The zero-order valence-corrected chi connectivity index (χ0v) is 18.4. The van der Waals surface area contributed by atoms with E-state index >= 15 is 0 Å². The first-order valence-corrected chi connectivity index (χ1v) is 11.9. The third-order valence-corrected chi connectivity index (χ3v) is 6.57.